The van der Waals surface area contributed by atoms with Gasteiger partial charge in [0.05, 0.1) is 24.2 Å². The summed E-state index contributed by atoms with van der Waals surface area (Å²) in [5, 5.41) is 0. The molecule has 0 spiro atoms. The third-order valence-electron chi connectivity index (χ3n) is 4.79. The molecule has 2 heterocycles. The first-order valence-electron chi connectivity index (χ1n) is 8.83. The molecule has 0 atom stereocenters. The number of rotatable bonds is 4. The first-order chi connectivity index (χ1) is 13.0. The molecule has 8 heteroatoms. The zero-order chi connectivity index (χ0) is 19.0. The molecule has 1 aromatic carbocycles. The maximum Gasteiger partial charge on any atom is 0.230 e. The minimum absolute atomic E-state index is 0.131. The molecule has 0 unspecified atom stereocenters. The number of hydrogen-bond acceptors (Lipinski definition) is 6. The van der Waals surface area contributed by atoms with Crippen LogP contribution in [-0.2, 0) is 0 Å². The summed E-state index contributed by atoms with van der Waals surface area (Å²) in [6.45, 7) is 3.20. The van der Waals surface area contributed by atoms with Crippen LogP contribution in [0.2, 0.25) is 0 Å². The van der Waals surface area contributed by atoms with E-state index in [4.69, 9.17) is 4.42 Å². The fraction of sp³-hybridized carbons (Fsp3) is 0.368. The highest BCUT2D eigenvalue weighted by atomic mass is 19.2. The number of nitrogens with zero attached hydrogens (tertiary/aromatic N) is 3. The average Bonchev–Trinajstić information content (AvgIpc) is 3.31. The Morgan fingerprint density at radius 3 is 2.74 bits per heavy atom. The van der Waals surface area contributed by atoms with Crippen LogP contribution < -0.4 is 0 Å². The molecule has 1 aliphatic carbocycles. The maximum absolute atomic E-state index is 14.0. The van der Waals surface area contributed by atoms with Crippen LogP contribution in [0.1, 0.15) is 40.3 Å². The standard InChI is InChI=1S/C19H17F2N3O3/c20-12-5-3-4-11(15(12)21)19-23-16-17(26)13(10-14(25)18(16)27-19)22-6-9-24-7-1-2-8-24/h3-5H,1-2,6-10H2. The number of benzene rings is 1. The molecule has 4 rings (SSSR count). The van der Waals surface area contributed by atoms with E-state index in [1.807, 2.05) is 0 Å². The molecule has 0 amide bonds. The third kappa shape index (κ3) is 3.32. The van der Waals surface area contributed by atoms with Gasteiger partial charge in [0.1, 0.15) is 0 Å². The van der Waals surface area contributed by atoms with E-state index in [0.29, 0.717) is 6.54 Å². The summed E-state index contributed by atoms with van der Waals surface area (Å²) in [5.41, 5.74) is -0.298. The van der Waals surface area contributed by atoms with Crippen molar-refractivity contribution in [3.63, 3.8) is 0 Å². The SMILES string of the molecule is O=C1C(=NCCN2CCCC2)CC(=O)c2oc(-c3cccc(F)c3F)nc21. The lowest BCUT2D eigenvalue weighted by Gasteiger charge is -2.13. The van der Waals surface area contributed by atoms with Crippen molar-refractivity contribution in [2.24, 2.45) is 4.99 Å². The minimum Gasteiger partial charge on any atom is -0.432 e. The predicted molar refractivity (Wildman–Crippen MR) is 93.1 cm³/mol. The van der Waals surface area contributed by atoms with Gasteiger partial charge in [0.25, 0.3) is 0 Å². The van der Waals surface area contributed by atoms with Gasteiger partial charge < -0.3 is 9.32 Å². The largest absolute Gasteiger partial charge is 0.432 e. The fourth-order valence-electron chi connectivity index (χ4n) is 3.36. The number of hydrogen-bond donors (Lipinski definition) is 0. The Morgan fingerprint density at radius 1 is 1.19 bits per heavy atom. The molecule has 1 saturated heterocycles. The summed E-state index contributed by atoms with van der Waals surface area (Å²) in [6.07, 6.45) is 2.15. The Labute approximate surface area is 153 Å². The number of aromatic nitrogens is 1. The van der Waals surface area contributed by atoms with Crippen molar-refractivity contribution in [1.82, 2.24) is 9.88 Å². The summed E-state index contributed by atoms with van der Waals surface area (Å²) in [4.78, 5) is 35.4. The molecule has 0 N–H and O–H groups in total. The first-order valence-corrected chi connectivity index (χ1v) is 8.83. The predicted octanol–water partition coefficient (Wildman–Crippen LogP) is 2.93. The van der Waals surface area contributed by atoms with Gasteiger partial charge in [-0.3, -0.25) is 14.6 Å². The fourth-order valence-corrected chi connectivity index (χ4v) is 3.36. The van der Waals surface area contributed by atoms with E-state index >= 15 is 0 Å². The van der Waals surface area contributed by atoms with E-state index in [1.165, 1.54) is 12.1 Å². The van der Waals surface area contributed by atoms with Crippen molar-refractivity contribution in [1.29, 1.82) is 0 Å². The molecular formula is C19H17F2N3O3. The summed E-state index contributed by atoms with van der Waals surface area (Å²) in [6, 6.07) is 3.53. The molecule has 1 fully saturated rings. The highest BCUT2D eigenvalue weighted by Gasteiger charge is 2.35. The van der Waals surface area contributed by atoms with Crippen LogP contribution in [0.5, 0.6) is 0 Å². The van der Waals surface area contributed by atoms with Crippen LogP contribution in [-0.4, -0.2) is 53.3 Å². The van der Waals surface area contributed by atoms with Gasteiger partial charge in [-0.15, -0.1) is 0 Å². The van der Waals surface area contributed by atoms with Crippen LogP contribution >= 0.6 is 0 Å². The van der Waals surface area contributed by atoms with Gasteiger partial charge in [-0.25, -0.2) is 13.8 Å². The normalized spacial score (nSPS) is 19.1. The summed E-state index contributed by atoms with van der Waals surface area (Å²) in [5.74, 6) is -3.67. The summed E-state index contributed by atoms with van der Waals surface area (Å²) < 4.78 is 32.7. The minimum atomic E-state index is -1.14. The van der Waals surface area contributed by atoms with Crippen LogP contribution in [0, 0.1) is 11.6 Å². The van der Waals surface area contributed by atoms with Crippen molar-refractivity contribution in [2.45, 2.75) is 19.3 Å². The number of Topliss-reactive ketones (excluding diaryl/α,β-unsaturated/α-hetero) is 2. The second-order valence-electron chi connectivity index (χ2n) is 6.60. The topological polar surface area (TPSA) is 75.8 Å². The molecule has 0 radical (unpaired) electrons. The van der Waals surface area contributed by atoms with E-state index in [0.717, 1.165) is 38.5 Å². The van der Waals surface area contributed by atoms with E-state index in [9.17, 15) is 18.4 Å². The second-order valence-corrected chi connectivity index (χ2v) is 6.60. The second kappa shape index (κ2) is 7.11. The number of oxazole rings is 1. The number of likely N-dealkylation sites (tertiary alicyclic amines) is 1. The van der Waals surface area contributed by atoms with Gasteiger partial charge in [0, 0.05) is 6.54 Å². The van der Waals surface area contributed by atoms with E-state index in [-0.39, 0.29) is 35.0 Å². The van der Waals surface area contributed by atoms with E-state index in [1.54, 1.807) is 0 Å². The Morgan fingerprint density at radius 2 is 1.96 bits per heavy atom. The smallest absolute Gasteiger partial charge is 0.230 e. The van der Waals surface area contributed by atoms with Crippen LogP contribution in [0.3, 0.4) is 0 Å². The lowest BCUT2D eigenvalue weighted by Crippen LogP contribution is -2.28. The summed E-state index contributed by atoms with van der Waals surface area (Å²) in [7, 11) is 0. The van der Waals surface area contributed by atoms with Crippen LogP contribution in [0.25, 0.3) is 11.5 Å². The number of aliphatic imine (C=N–C) groups is 1. The summed E-state index contributed by atoms with van der Waals surface area (Å²) >= 11 is 0. The Kier molecular flexibility index (Phi) is 4.65. The number of halogens is 2. The van der Waals surface area contributed by atoms with Crippen molar-refractivity contribution in [2.75, 3.05) is 26.2 Å². The zero-order valence-corrected chi connectivity index (χ0v) is 14.5. The molecule has 2 aliphatic rings. The Balaban J connectivity index is 1.59. The molecule has 6 nitrogen and oxygen atoms in total. The molecule has 27 heavy (non-hydrogen) atoms. The van der Waals surface area contributed by atoms with Crippen LogP contribution in [0.4, 0.5) is 8.78 Å². The van der Waals surface area contributed by atoms with E-state index < -0.39 is 23.2 Å². The van der Waals surface area contributed by atoms with Crippen LogP contribution in [0.15, 0.2) is 27.6 Å². The molecule has 1 aromatic heterocycles. The highest BCUT2D eigenvalue weighted by Crippen LogP contribution is 2.29. The van der Waals surface area contributed by atoms with Gasteiger partial charge >= 0.3 is 0 Å². The van der Waals surface area contributed by atoms with Crippen molar-refractivity contribution in [3.05, 3.63) is 41.3 Å². The van der Waals surface area contributed by atoms with Crippen molar-refractivity contribution in [3.8, 4) is 11.5 Å². The van der Waals surface area contributed by atoms with Crippen molar-refractivity contribution >= 4 is 17.3 Å². The maximum atomic E-state index is 14.0. The molecule has 1 aliphatic heterocycles. The Bertz CT molecular complexity index is 946. The number of carbonyl (C=O) groups excluding carboxylic acids is 2. The lowest BCUT2D eigenvalue weighted by atomic mass is 9.97. The Hall–Kier alpha value is -2.74. The van der Waals surface area contributed by atoms with Gasteiger partial charge in [-0.2, -0.15) is 0 Å². The molecular weight excluding hydrogens is 356 g/mol. The molecule has 140 valence electrons. The van der Waals surface area contributed by atoms with E-state index in [2.05, 4.69) is 14.9 Å². The quantitative estimate of drug-likeness (QED) is 0.824. The number of carbonyl (C=O) groups is 2. The number of fused-ring (bicyclic) bond motifs is 1. The molecule has 2 aromatic rings. The van der Waals surface area contributed by atoms with Gasteiger partial charge in [-0.1, -0.05) is 6.07 Å². The molecule has 0 bridgehead atoms. The van der Waals surface area contributed by atoms with Gasteiger partial charge in [0.15, 0.2) is 17.3 Å². The average molecular weight is 373 g/mol. The molecule has 0 saturated carbocycles. The number of ketones is 2. The van der Waals surface area contributed by atoms with Gasteiger partial charge in [0.2, 0.25) is 23.2 Å². The first kappa shape index (κ1) is 17.7. The third-order valence-corrected chi connectivity index (χ3v) is 4.79. The lowest BCUT2D eigenvalue weighted by molar-refractivity contribution is 0.0940. The van der Waals surface area contributed by atoms with Gasteiger partial charge in [-0.05, 0) is 38.1 Å². The zero-order valence-electron chi connectivity index (χ0n) is 14.5. The highest BCUT2D eigenvalue weighted by molar-refractivity contribution is 6.52. The van der Waals surface area contributed by atoms with Crippen molar-refractivity contribution < 1.29 is 22.8 Å². The monoisotopic (exact) mass is 373 g/mol.